The molecule has 0 radical (unpaired) electrons. The first-order valence-corrected chi connectivity index (χ1v) is 9.28. The quantitative estimate of drug-likeness (QED) is 0.577. The van der Waals surface area contributed by atoms with Crippen LogP contribution in [0.2, 0.25) is 5.02 Å². The topological polar surface area (TPSA) is 34.9 Å². The molecule has 1 aliphatic rings. The molecule has 116 valence electrons. The Kier molecular flexibility index (Phi) is 3.87. The van der Waals surface area contributed by atoms with Crippen molar-refractivity contribution in [2.75, 3.05) is 0 Å². The summed E-state index contributed by atoms with van der Waals surface area (Å²) in [6.45, 7) is 0. The van der Waals surface area contributed by atoms with E-state index in [9.17, 15) is 4.79 Å². The summed E-state index contributed by atoms with van der Waals surface area (Å²) in [5.41, 5.74) is 3.70. The number of fused-ring (bicyclic) bond motifs is 3. The zero-order valence-corrected chi connectivity index (χ0v) is 15.2. The van der Waals surface area contributed by atoms with E-state index in [4.69, 9.17) is 11.6 Å². The molecule has 0 N–H and O–H groups in total. The van der Waals surface area contributed by atoms with E-state index in [2.05, 4.69) is 27.1 Å². The smallest absolute Gasteiger partial charge is 0.267 e. The molecular formula is C17H12BrClN2OS. The molecule has 3 nitrogen and oxygen atoms in total. The lowest BCUT2D eigenvalue weighted by molar-refractivity contribution is 0.786. The Balaban J connectivity index is 1.94. The van der Waals surface area contributed by atoms with Gasteiger partial charge in [0.15, 0.2) is 0 Å². The van der Waals surface area contributed by atoms with Gasteiger partial charge in [0, 0.05) is 21.5 Å². The lowest BCUT2D eigenvalue weighted by atomic mass is 10.1. The first kappa shape index (κ1) is 15.1. The summed E-state index contributed by atoms with van der Waals surface area (Å²) in [6.07, 6.45) is 2.95. The SMILES string of the molecule is O=c1cc2c(nn1-c1ccc(Cl)cc1)-c1cc(Br)sc1CCC2. The van der Waals surface area contributed by atoms with Gasteiger partial charge in [-0.25, -0.2) is 0 Å². The van der Waals surface area contributed by atoms with Crippen molar-refractivity contribution in [3.8, 4) is 16.9 Å². The van der Waals surface area contributed by atoms with Gasteiger partial charge in [0.25, 0.3) is 5.56 Å². The number of thiophene rings is 1. The molecule has 0 amide bonds. The maximum Gasteiger partial charge on any atom is 0.271 e. The Bertz CT molecular complexity index is 946. The number of benzene rings is 1. The number of hydrogen-bond acceptors (Lipinski definition) is 3. The Labute approximate surface area is 150 Å². The van der Waals surface area contributed by atoms with Crippen molar-refractivity contribution in [1.29, 1.82) is 0 Å². The lowest BCUT2D eigenvalue weighted by Crippen LogP contribution is -2.22. The van der Waals surface area contributed by atoms with Crippen molar-refractivity contribution in [2.24, 2.45) is 0 Å². The molecule has 23 heavy (non-hydrogen) atoms. The van der Waals surface area contributed by atoms with E-state index in [1.807, 2.05) is 12.1 Å². The molecule has 1 aliphatic carbocycles. The van der Waals surface area contributed by atoms with Crippen LogP contribution in [0.5, 0.6) is 0 Å². The first-order chi connectivity index (χ1) is 11.1. The van der Waals surface area contributed by atoms with Crippen molar-refractivity contribution in [1.82, 2.24) is 9.78 Å². The van der Waals surface area contributed by atoms with E-state index in [1.54, 1.807) is 29.5 Å². The largest absolute Gasteiger partial charge is 0.271 e. The van der Waals surface area contributed by atoms with Crippen LogP contribution in [-0.4, -0.2) is 9.78 Å². The number of aryl methyl sites for hydroxylation is 2. The fourth-order valence-corrected chi connectivity index (χ4v) is 4.76. The van der Waals surface area contributed by atoms with Gasteiger partial charge in [0.2, 0.25) is 0 Å². The minimum atomic E-state index is -0.108. The second-order valence-electron chi connectivity index (χ2n) is 5.49. The fourth-order valence-electron chi connectivity index (χ4n) is 2.90. The highest BCUT2D eigenvalue weighted by Crippen LogP contribution is 2.38. The van der Waals surface area contributed by atoms with Crippen molar-refractivity contribution < 1.29 is 0 Å². The van der Waals surface area contributed by atoms with Crippen LogP contribution in [0.15, 0.2) is 45.0 Å². The number of rotatable bonds is 1. The van der Waals surface area contributed by atoms with E-state index < -0.39 is 0 Å². The summed E-state index contributed by atoms with van der Waals surface area (Å²) in [6, 6.07) is 11.0. The number of nitrogens with zero attached hydrogens (tertiary/aromatic N) is 2. The van der Waals surface area contributed by atoms with Gasteiger partial charge in [-0.1, -0.05) is 11.6 Å². The van der Waals surface area contributed by atoms with Crippen LogP contribution in [0.25, 0.3) is 16.9 Å². The highest BCUT2D eigenvalue weighted by molar-refractivity contribution is 9.11. The monoisotopic (exact) mass is 406 g/mol. The van der Waals surface area contributed by atoms with E-state index in [-0.39, 0.29) is 5.56 Å². The summed E-state index contributed by atoms with van der Waals surface area (Å²) >= 11 is 11.2. The van der Waals surface area contributed by atoms with Crippen LogP contribution in [0.3, 0.4) is 0 Å². The van der Waals surface area contributed by atoms with E-state index >= 15 is 0 Å². The normalized spacial score (nSPS) is 13.3. The first-order valence-electron chi connectivity index (χ1n) is 7.29. The lowest BCUT2D eigenvalue weighted by Gasteiger charge is -2.10. The van der Waals surface area contributed by atoms with E-state index in [0.717, 1.165) is 45.6 Å². The predicted octanol–water partition coefficient (Wildman–Crippen LogP) is 4.87. The Hall–Kier alpha value is -1.43. The zero-order valence-electron chi connectivity index (χ0n) is 12.1. The molecule has 0 bridgehead atoms. The van der Waals surface area contributed by atoms with Gasteiger partial charge < -0.3 is 0 Å². The Morgan fingerprint density at radius 2 is 1.96 bits per heavy atom. The molecule has 2 aromatic heterocycles. The second-order valence-corrected chi connectivity index (χ2v) is 8.44. The number of halogens is 2. The minimum absolute atomic E-state index is 0.108. The summed E-state index contributed by atoms with van der Waals surface area (Å²) in [5.74, 6) is 0. The average molecular weight is 408 g/mol. The van der Waals surface area contributed by atoms with Crippen LogP contribution >= 0.6 is 38.9 Å². The van der Waals surface area contributed by atoms with E-state index in [1.165, 1.54) is 9.56 Å². The molecule has 0 aliphatic heterocycles. The average Bonchev–Trinajstić information content (AvgIpc) is 2.81. The van der Waals surface area contributed by atoms with Gasteiger partial charge in [-0.3, -0.25) is 4.79 Å². The van der Waals surface area contributed by atoms with Crippen molar-refractivity contribution >= 4 is 38.9 Å². The van der Waals surface area contributed by atoms with Gasteiger partial charge in [-0.05, 0) is 71.1 Å². The molecule has 0 fully saturated rings. The zero-order chi connectivity index (χ0) is 16.0. The third-order valence-corrected chi connectivity index (χ3v) is 5.92. The minimum Gasteiger partial charge on any atom is -0.267 e. The maximum atomic E-state index is 12.5. The molecule has 2 heterocycles. The van der Waals surface area contributed by atoms with Crippen molar-refractivity contribution in [2.45, 2.75) is 19.3 Å². The molecule has 0 saturated heterocycles. The molecule has 4 rings (SSSR count). The van der Waals surface area contributed by atoms with Gasteiger partial charge in [-0.15, -0.1) is 11.3 Å². The van der Waals surface area contributed by atoms with Gasteiger partial charge in [0.1, 0.15) is 0 Å². The molecule has 6 heteroatoms. The number of aromatic nitrogens is 2. The molecular weight excluding hydrogens is 396 g/mol. The second kappa shape index (κ2) is 5.89. The summed E-state index contributed by atoms with van der Waals surface area (Å²) in [5, 5.41) is 5.31. The molecule has 3 aromatic rings. The molecule has 0 saturated carbocycles. The summed E-state index contributed by atoms with van der Waals surface area (Å²) < 4.78 is 2.55. The molecule has 0 unspecified atom stereocenters. The standard InChI is InChI=1S/C17H12BrClN2OS/c18-15-9-13-14(23-15)3-1-2-10-8-16(22)21(20-17(10)13)12-6-4-11(19)5-7-12/h4-9H,1-3H2. The predicted molar refractivity (Wildman–Crippen MR) is 97.9 cm³/mol. The third-order valence-electron chi connectivity index (χ3n) is 3.97. The molecule has 1 aromatic carbocycles. The van der Waals surface area contributed by atoms with Gasteiger partial charge in [-0.2, -0.15) is 9.78 Å². The van der Waals surface area contributed by atoms with E-state index in [0.29, 0.717) is 5.02 Å². The van der Waals surface area contributed by atoms with Crippen LogP contribution < -0.4 is 5.56 Å². The van der Waals surface area contributed by atoms with Crippen LogP contribution in [0.1, 0.15) is 16.9 Å². The molecule has 0 spiro atoms. The van der Waals surface area contributed by atoms with Gasteiger partial charge >= 0.3 is 0 Å². The van der Waals surface area contributed by atoms with Crippen LogP contribution in [0.4, 0.5) is 0 Å². The van der Waals surface area contributed by atoms with Gasteiger partial charge in [0.05, 0.1) is 15.2 Å². The summed E-state index contributed by atoms with van der Waals surface area (Å²) in [7, 11) is 0. The van der Waals surface area contributed by atoms with Crippen molar-refractivity contribution in [3.05, 3.63) is 66.0 Å². The third kappa shape index (κ3) is 2.77. The highest BCUT2D eigenvalue weighted by atomic mass is 79.9. The fraction of sp³-hybridized carbons (Fsp3) is 0.176. The number of hydrogen-bond donors (Lipinski definition) is 0. The summed E-state index contributed by atoms with van der Waals surface area (Å²) in [4.78, 5) is 13.8. The van der Waals surface area contributed by atoms with Crippen molar-refractivity contribution in [3.63, 3.8) is 0 Å². The van der Waals surface area contributed by atoms with Crippen LogP contribution in [0, 0.1) is 0 Å². The molecule has 0 atom stereocenters. The Morgan fingerprint density at radius 3 is 2.74 bits per heavy atom. The Morgan fingerprint density at radius 1 is 1.17 bits per heavy atom. The van der Waals surface area contributed by atoms with Crippen LogP contribution in [-0.2, 0) is 12.8 Å². The maximum absolute atomic E-state index is 12.5. The highest BCUT2D eigenvalue weighted by Gasteiger charge is 2.20.